The Labute approximate surface area is 170 Å². The Bertz CT molecular complexity index is 862. The minimum atomic E-state index is 0.0365. The molecule has 0 atom stereocenters. The molecule has 2 amide bonds. The number of nitrogens with one attached hydrogen (secondary N) is 1. The lowest BCUT2D eigenvalue weighted by molar-refractivity contribution is 0.0694. The zero-order valence-electron chi connectivity index (χ0n) is 16.5. The van der Waals surface area contributed by atoms with Crippen LogP contribution >= 0.6 is 11.3 Å². The molecule has 2 fully saturated rings. The van der Waals surface area contributed by atoms with Gasteiger partial charge in [0.15, 0.2) is 0 Å². The molecule has 2 aromatic rings. The molecular formula is C22H27N3O2S. The molecule has 2 heterocycles. The van der Waals surface area contributed by atoms with Crippen LogP contribution in [-0.4, -0.2) is 40.8 Å². The molecule has 0 unspecified atom stereocenters. The Kier molecular flexibility index (Phi) is 5.49. The van der Waals surface area contributed by atoms with E-state index in [-0.39, 0.29) is 11.8 Å². The molecule has 1 aromatic heterocycles. The number of amides is 2. The fourth-order valence-corrected chi connectivity index (χ4v) is 4.72. The van der Waals surface area contributed by atoms with Gasteiger partial charge in [-0.05, 0) is 69.6 Å². The fraction of sp³-hybridized carbons (Fsp3) is 0.500. The van der Waals surface area contributed by atoms with Gasteiger partial charge in [0.25, 0.3) is 11.8 Å². The first kappa shape index (κ1) is 19.1. The standard InChI is InChI=1S/C22H27N3O2S/c1-14-20(28-15(2)23-14)22(27)25-11-9-17(10-12-25)13-16-3-5-18(6-4-16)21(26)24-19-7-8-19/h3-6,17,19H,7-13H2,1-2H3,(H,24,26). The Hall–Kier alpha value is -2.21. The quantitative estimate of drug-likeness (QED) is 0.836. The van der Waals surface area contributed by atoms with Gasteiger partial charge in [-0.1, -0.05) is 12.1 Å². The van der Waals surface area contributed by atoms with E-state index >= 15 is 0 Å². The van der Waals surface area contributed by atoms with E-state index in [1.165, 1.54) is 16.9 Å². The number of likely N-dealkylation sites (tertiary alicyclic amines) is 1. The normalized spacial score (nSPS) is 17.6. The molecule has 28 heavy (non-hydrogen) atoms. The minimum Gasteiger partial charge on any atom is -0.349 e. The summed E-state index contributed by atoms with van der Waals surface area (Å²) in [6.07, 6.45) is 5.25. The molecule has 1 saturated heterocycles. The van der Waals surface area contributed by atoms with Crippen LogP contribution in [0.15, 0.2) is 24.3 Å². The van der Waals surface area contributed by atoms with Gasteiger partial charge < -0.3 is 10.2 Å². The topological polar surface area (TPSA) is 62.3 Å². The van der Waals surface area contributed by atoms with Crippen molar-refractivity contribution in [3.05, 3.63) is 51.0 Å². The Balaban J connectivity index is 1.28. The van der Waals surface area contributed by atoms with Crippen molar-refractivity contribution in [1.82, 2.24) is 15.2 Å². The SMILES string of the molecule is Cc1nc(C)c(C(=O)N2CCC(Cc3ccc(C(=O)NC4CC4)cc3)CC2)s1. The maximum absolute atomic E-state index is 12.7. The lowest BCUT2D eigenvalue weighted by Crippen LogP contribution is -2.38. The van der Waals surface area contributed by atoms with E-state index in [0.717, 1.165) is 66.3 Å². The highest BCUT2D eigenvalue weighted by molar-refractivity contribution is 7.13. The molecule has 1 saturated carbocycles. The van der Waals surface area contributed by atoms with Crippen molar-refractivity contribution in [2.45, 2.75) is 52.0 Å². The molecule has 6 heteroatoms. The first-order valence-corrected chi connectivity index (χ1v) is 10.9. The smallest absolute Gasteiger partial charge is 0.265 e. The van der Waals surface area contributed by atoms with Gasteiger partial charge in [0, 0.05) is 24.7 Å². The predicted octanol–water partition coefficient (Wildman–Crippen LogP) is 3.75. The van der Waals surface area contributed by atoms with Gasteiger partial charge in [-0.3, -0.25) is 9.59 Å². The lowest BCUT2D eigenvalue weighted by Gasteiger charge is -2.32. The van der Waals surface area contributed by atoms with Gasteiger partial charge in [-0.2, -0.15) is 0 Å². The third-order valence-electron chi connectivity index (χ3n) is 5.65. The van der Waals surface area contributed by atoms with Crippen molar-refractivity contribution >= 4 is 23.2 Å². The van der Waals surface area contributed by atoms with Crippen molar-refractivity contribution in [3.8, 4) is 0 Å². The highest BCUT2D eigenvalue weighted by Gasteiger charge is 2.26. The zero-order chi connectivity index (χ0) is 19.7. The molecule has 0 radical (unpaired) electrons. The third kappa shape index (κ3) is 4.43. The summed E-state index contributed by atoms with van der Waals surface area (Å²) >= 11 is 1.50. The summed E-state index contributed by atoms with van der Waals surface area (Å²) in [6.45, 7) is 5.48. The number of aromatic nitrogens is 1. The average molecular weight is 398 g/mol. The van der Waals surface area contributed by atoms with Gasteiger partial charge in [0.1, 0.15) is 4.88 Å². The second kappa shape index (κ2) is 8.03. The van der Waals surface area contributed by atoms with Crippen LogP contribution in [-0.2, 0) is 6.42 Å². The summed E-state index contributed by atoms with van der Waals surface area (Å²) in [5.74, 6) is 0.751. The van der Waals surface area contributed by atoms with Crippen LogP contribution in [0.5, 0.6) is 0 Å². The van der Waals surface area contributed by atoms with E-state index in [2.05, 4.69) is 22.4 Å². The molecule has 1 N–H and O–H groups in total. The Morgan fingerprint density at radius 1 is 1.11 bits per heavy atom. The van der Waals surface area contributed by atoms with Crippen LogP contribution in [0.3, 0.4) is 0 Å². The van der Waals surface area contributed by atoms with Crippen LogP contribution in [0.25, 0.3) is 0 Å². The number of nitrogens with zero attached hydrogens (tertiary/aromatic N) is 2. The number of hydrogen-bond acceptors (Lipinski definition) is 4. The molecular weight excluding hydrogens is 370 g/mol. The van der Waals surface area contributed by atoms with Gasteiger partial charge in [-0.25, -0.2) is 4.98 Å². The summed E-state index contributed by atoms with van der Waals surface area (Å²) in [5, 5.41) is 3.97. The van der Waals surface area contributed by atoms with E-state index < -0.39 is 0 Å². The van der Waals surface area contributed by atoms with Crippen LogP contribution in [0, 0.1) is 19.8 Å². The molecule has 0 spiro atoms. The van der Waals surface area contributed by atoms with Crippen molar-refractivity contribution in [3.63, 3.8) is 0 Å². The zero-order valence-corrected chi connectivity index (χ0v) is 17.3. The largest absolute Gasteiger partial charge is 0.349 e. The van der Waals surface area contributed by atoms with Crippen LogP contribution < -0.4 is 5.32 Å². The number of piperidine rings is 1. The summed E-state index contributed by atoms with van der Waals surface area (Å²) in [7, 11) is 0. The second-order valence-corrected chi connectivity index (χ2v) is 9.23. The summed E-state index contributed by atoms with van der Waals surface area (Å²) in [4.78, 5) is 32.0. The monoisotopic (exact) mass is 397 g/mol. The number of thiazole rings is 1. The number of carbonyl (C=O) groups excluding carboxylic acids is 2. The lowest BCUT2D eigenvalue weighted by atomic mass is 9.90. The number of aryl methyl sites for hydroxylation is 2. The maximum Gasteiger partial charge on any atom is 0.265 e. The van der Waals surface area contributed by atoms with Crippen molar-refractivity contribution in [1.29, 1.82) is 0 Å². The molecule has 5 nitrogen and oxygen atoms in total. The van der Waals surface area contributed by atoms with E-state index in [4.69, 9.17) is 0 Å². The van der Waals surface area contributed by atoms with E-state index in [1.54, 1.807) is 0 Å². The highest BCUT2D eigenvalue weighted by Crippen LogP contribution is 2.26. The first-order valence-electron chi connectivity index (χ1n) is 10.1. The number of rotatable bonds is 5. The van der Waals surface area contributed by atoms with Gasteiger partial charge in [0.2, 0.25) is 0 Å². The number of carbonyl (C=O) groups is 2. The third-order valence-corrected chi connectivity index (χ3v) is 6.71. The van der Waals surface area contributed by atoms with E-state index in [1.807, 2.05) is 30.9 Å². The van der Waals surface area contributed by atoms with Crippen molar-refractivity contribution < 1.29 is 9.59 Å². The van der Waals surface area contributed by atoms with Gasteiger partial charge in [0.05, 0.1) is 10.7 Å². The minimum absolute atomic E-state index is 0.0365. The van der Waals surface area contributed by atoms with E-state index in [9.17, 15) is 9.59 Å². The Morgan fingerprint density at radius 3 is 2.36 bits per heavy atom. The molecule has 4 rings (SSSR count). The summed E-state index contributed by atoms with van der Waals surface area (Å²) in [6, 6.07) is 8.39. The molecule has 1 aliphatic carbocycles. The Morgan fingerprint density at radius 2 is 1.79 bits per heavy atom. The molecule has 148 valence electrons. The number of hydrogen-bond donors (Lipinski definition) is 1. The van der Waals surface area contributed by atoms with Gasteiger partial charge in [-0.15, -0.1) is 11.3 Å². The van der Waals surface area contributed by atoms with E-state index in [0.29, 0.717) is 12.0 Å². The fourth-order valence-electron chi connectivity index (χ4n) is 3.84. The summed E-state index contributed by atoms with van der Waals surface area (Å²) < 4.78 is 0. The molecule has 1 aromatic carbocycles. The van der Waals surface area contributed by atoms with Crippen molar-refractivity contribution in [2.75, 3.05) is 13.1 Å². The summed E-state index contributed by atoms with van der Waals surface area (Å²) in [5.41, 5.74) is 2.85. The predicted molar refractivity (Wildman–Crippen MR) is 111 cm³/mol. The average Bonchev–Trinajstić information content (AvgIpc) is 3.44. The molecule has 2 aliphatic rings. The first-order chi connectivity index (χ1) is 13.5. The maximum atomic E-state index is 12.7. The molecule has 0 bridgehead atoms. The molecule has 1 aliphatic heterocycles. The second-order valence-electron chi connectivity index (χ2n) is 8.03. The van der Waals surface area contributed by atoms with Crippen LogP contribution in [0.1, 0.15) is 62.0 Å². The van der Waals surface area contributed by atoms with Crippen LogP contribution in [0.2, 0.25) is 0 Å². The number of benzene rings is 1. The van der Waals surface area contributed by atoms with Gasteiger partial charge >= 0.3 is 0 Å². The van der Waals surface area contributed by atoms with Crippen molar-refractivity contribution in [2.24, 2.45) is 5.92 Å². The van der Waals surface area contributed by atoms with Crippen LogP contribution in [0.4, 0.5) is 0 Å². The highest BCUT2D eigenvalue weighted by atomic mass is 32.1.